The van der Waals surface area contributed by atoms with Crippen LogP contribution >= 0.6 is 34.3 Å². The molecule has 0 saturated carbocycles. The number of hydrogen-bond donors (Lipinski definition) is 3. The second kappa shape index (κ2) is 7.91. The maximum Gasteiger partial charge on any atom is 0.310 e. The molecule has 164 valence electrons. The number of carbonyl (C=O) groups excluding carboxylic acids is 1. The van der Waals surface area contributed by atoms with Crippen LogP contribution in [0.1, 0.15) is 22.6 Å². The number of hydrogen-bond acceptors (Lipinski definition) is 7. The van der Waals surface area contributed by atoms with Gasteiger partial charge in [0.25, 0.3) is 0 Å². The number of benzene rings is 1. The van der Waals surface area contributed by atoms with Crippen molar-refractivity contribution >= 4 is 50.4 Å². The summed E-state index contributed by atoms with van der Waals surface area (Å²) in [6, 6.07) is 6.75. The Labute approximate surface area is 195 Å². The molecular formula is C22H18ClN3O4S2. The van der Waals surface area contributed by atoms with E-state index in [1.807, 2.05) is 0 Å². The van der Waals surface area contributed by atoms with Gasteiger partial charge in [-0.3, -0.25) is 14.2 Å². The van der Waals surface area contributed by atoms with Crippen LogP contribution in [-0.2, 0) is 24.2 Å². The van der Waals surface area contributed by atoms with Crippen molar-refractivity contribution in [2.75, 3.05) is 0 Å². The number of thiazole rings is 1. The molecule has 0 radical (unpaired) electrons. The van der Waals surface area contributed by atoms with Gasteiger partial charge in [-0.25, -0.2) is 4.98 Å². The van der Waals surface area contributed by atoms with E-state index in [-0.39, 0.29) is 34.9 Å². The molecule has 0 aliphatic heterocycles. The van der Waals surface area contributed by atoms with E-state index in [0.717, 1.165) is 43.1 Å². The van der Waals surface area contributed by atoms with Crippen LogP contribution in [-0.4, -0.2) is 25.7 Å². The summed E-state index contributed by atoms with van der Waals surface area (Å²) in [5, 5.41) is 22.5. The summed E-state index contributed by atoms with van der Waals surface area (Å²) in [5.74, 6) is -0.504. The molecule has 1 aliphatic rings. The lowest BCUT2D eigenvalue weighted by atomic mass is 9.86. The van der Waals surface area contributed by atoms with Gasteiger partial charge < -0.3 is 15.9 Å². The summed E-state index contributed by atoms with van der Waals surface area (Å²) < 4.78 is 1.22. The van der Waals surface area contributed by atoms with Gasteiger partial charge >= 0.3 is 4.87 Å². The molecule has 1 atom stereocenters. The molecule has 5 rings (SSSR count). The Kier molecular flexibility index (Phi) is 5.19. The lowest BCUT2D eigenvalue weighted by Gasteiger charge is -2.20. The Balaban J connectivity index is 1.75. The number of phenols is 1. The van der Waals surface area contributed by atoms with Gasteiger partial charge in [-0.2, -0.15) is 0 Å². The summed E-state index contributed by atoms with van der Waals surface area (Å²) in [7, 11) is 0. The number of aromatic hydroxyl groups is 2. The van der Waals surface area contributed by atoms with Crippen LogP contribution in [0, 0.1) is 5.92 Å². The maximum atomic E-state index is 12.2. The smallest absolute Gasteiger partial charge is 0.310 e. The predicted octanol–water partition coefficient (Wildman–Crippen LogP) is 3.89. The second-order valence-electron chi connectivity index (χ2n) is 7.77. The minimum atomic E-state index is -0.304. The first-order valence-corrected chi connectivity index (χ1v) is 12.0. The molecule has 0 fully saturated rings. The van der Waals surface area contributed by atoms with Crippen molar-refractivity contribution in [2.24, 2.45) is 11.7 Å². The molecule has 7 nitrogen and oxygen atoms in total. The lowest BCUT2D eigenvalue weighted by molar-refractivity contribution is -0.122. The summed E-state index contributed by atoms with van der Waals surface area (Å²) in [5.41, 5.74) is 8.70. The molecule has 10 heteroatoms. The molecule has 0 saturated heterocycles. The van der Waals surface area contributed by atoms with Gasteiger partial charge in [0, 0.05) is 21.7 Å². The second-order valence-corrected chi connectivity index (χ2v) is 10.0. The molecule has 32 heavy (non-hydrogen) atoms. The van der Waals surface area contributed by atoms with E-state index in [2.05, 4.69) is 0 Å². The third kappa shape index (κ3) is 3.46. The van der Waals surface area contributed by atoms with Gasteiger partial charge in [0.05, 0.1) is 22.6 Å². The number of amides is 1. The third-order valence-electron chi connectivity index (χ3n) is 5.83. The molecule has 4 aromatic rings. The highest BCUT2D eigenvalue weighted by Gasteiger charge is 2.29. The van der Waals surface area contributed by atoms with Gasteiger partial charge in [-0.05, 0) is 42.5 Å². The monoisotopic (exact) mass is 487 g/mol. The van der Waals surface area contributed by atoms with E-state index in [9.17, 15) is 19.8 Å². The highest BCUT2D eigenvalue weighted by molar-refractivity contribution is 7.19. The van der Waals surface area contributed by atoms with E-state index in [4.69, 9.17) is 22.3 Å². The van der Waals surface area contributed by atoms with E-state index >= 15 is 0 Å². The number of rotatable bonds is 4. The first-order valence-electron chi connectivity index (χ1n) is 9.92. The van der Waals surface area contributed by atoms with Gasteiger partial charge in [-0.1, -0.05) is 35.1 Å². The van der Waals surface area contributed by atoms with Crippen LogP contribution in [0.3, 0.4) is 0 Å². The topological polar surface area (TPSA) is 118 Å². The molecule has 1 aromatic carbocycles. The van der Waals surface area contributed by atoms with Gasteiger partial charge in [0.2, 0.25) is 11.8 Å². The fourth-order valence-electron chi connectivity index (χ4n) is 4.20. The van der Waals surface area contributed by atoms with Crippen LogP contribution in [0.2, 0.25) is 5.02 Å². The van der Waals surface area contributed by atoms with Gasteiger partial charge in [0.1, 0.15) is 10.6 Å². The lowest BCUT2D eigenvalue weighted by Crippen LogP contribution is -2.27. The van der Waals surface area contributed by atoms with Crippen molar-refractivity contribution in [3.8, 4) is 22.8 Å². The average molecular weight is 488 g/mol. The Morgan fingerprint density at radius 2 is 2.03 bits per heavy atom. The van der Waals surface area contributed by atoms with Crippen molar-refractivity contribution in [3.05, 3.63) is 60.5 Å². The fourth-order valence-corrected chi connectivity index (χ4v) is 6.45. The Morgan fingerprint density at radius 1 is 1.28 bits per heavy atom. The van der Waals surface area contributed by atoms with Crippen molar-refractivity contribution in [1.82, 2.24) is 9.55 Å². The first kappa shape index (κ1) is 21.0. The Hall–Kier alpha value is -2.88. The molecule has 0 spiro atoms. The quantitative estimate of drug-likeness (QED) is 0.403. The minimum Gasteiger partial charge on any atom is -0.508 e. The molecule has 3 aromatic heterocycles. The number of aromatic nitrogens is 2. The first-order chi connectivity index (χ1) is 15.3. The van der Waals surface area contributed by atoms with E-state index in [0.29, 0.717) is 30.0 Å². The number of phenolic OH excluding ortho intramolecular Hbond substituents is 1. The Morgan fingerprint density at radius 3 is 2.69 bits per heavy atom. The number of aryl methyl sites for hydroxylation is 1. The molecule has 0 bridgehead atoms. The van der Waals surface area contributed by atoms with Crippen molar-refractivity contribution < 1.29 is 15.0 Å². The van der Waals surface area contributed by atoms with Gasteiger partial charge in [0.15, 0.2) is 0 Å². The molecule has 3 heterocycles. The van der Waals surface area contributed by atoms with Crippen LogP contribution < -0.4 is 10.6 Å². The fraction of sp³-hybridized carbons (Fsp3) is 0.227. The molecule has 1 aliphatic carbocycles. The summed E-state index contributed by atoms with van der Waals surface area (Å²) >= 11 is 9.28. The maximum absolute atomic E-state index is 12.2. The van der Waals surface area contributed by atoms with Crippen molar-refractivity contribution in [1.29, 1.82) is 0 Å². The van der Waals surface area contributed by atoms with E-state index in [1.165, 1.54) is 21.3 Å². The van der Waals surface area contributed by atoms with Crippen molar-refractivity contribution in [2.45, 2.75) is 25.8 Å². The molecule has 1 amide bonds. The standard InChI is InChI=1S/C22H18ClN3O4S2/c23-19-14(8-26-16(28)9-31-22(26)30)25-21-18(17(19)10-1-4-12(27)5-2-10)13-6-3-11(20(24)29)7-15(13)32-21/h1-2,4-5,9,11,27-28H,3,6-8H2,(H2,24,29)/t11-/m0/s1. The highest BCUT2D eigenvalue weighted by Crippen LogP contribution is 2.45. The van der Waals surface area contributed by atoms with E-state index in [1.54, 1.807) is 24.3 Å². The normalized spacial score (nSPS) is 15.7. The number of primary amides is 1. The zero-order valence-corrected chi connectivity index (χ0v) is 19.1. The van der Waals surface area contributed by atoms with Crippen LogP contribution in [0.15, 0.2) is 34.4 Å². The summed E-state index contributed by atoms with van der Waals surface area (Å²) in [4.78, 5) is 30.2. The zero-order chi connectivity index (χ0) is 22.6. The Bertz CT molecular complexity index is 1420. The molecule has 0 unspecified atom stereocenters. The molecular weight excluding hydrogens is 470 g/mol. The number of carbonyl (C=O) groups is 1. The number of halogens is 1. The van der Waals surface area contributed by atoms with Crippen LogP contribution in [0.4, 0.5) is 0 Å². The van der Waals surface area contributed by atoms with Crippen molar-refractivity contribution in [3.63, 3.8) is 0 Å². The molecule has 4 N–H and O–H groups in total. The van der Waals surface area contributed by atoms with Crippen LogP contribution in [0.25, 0.3) is 21.3 Å². The SMILES string of the molecule is NC(=O)[C@H]1CCc2c(sc3nc(Cn4c(O)csc4=O)c(Cl)c(-c4ccc(O)cc4)c23)C1. The minimum absolute atomic E-state index is 0.0283. The predicted molar refractivity (Wildman–Crippen MR) is 126 cm³/mol. The van der Waals surface area contributed by atoms with Gasteiger partial charge in [-0.15, -0.1) is 11.3 Å². The number of thiophene rings is 1. The summed E-state index contributed by atoms with van der Waals surface area (Å²) in [6.45, 7) is 0.0283. The number of fused-ring (bicyclic) bond motifs is 3. The third-order valence-corrected chi connectivity index (χ3v) is 8.14. The largest absolute Gasteiger partial charge is 0.508 e. The number of pyridine rings is 1. The van der Waals surface area contributed by atoms with Crippen LogP contribution in [0.5, 0.6) is 11.6 Å². The highest BCUT2D eigenvalue weighted by atomic mass is 35.5. The zero-order valence-electron chi connectivity index (χ0n) is 16.7. The summed E-state index contributed by atoms with van der Waals surface area (Å²) in [6.07, 6.45) is 1.93. The van der Waals surface area contributed by atoms with E-state index < -0.39 is 0 Å². The number of nitrogens with two attached hydrogens (primary N) is 1. The number of nitrogens with zero attached hydrogens (tertiary/aromatic N) is 2. The average Bonchev–Trinajstić information content (AvgIpc) is 3.28.